The monoisotopic (exact) mass is 324 g/mol. The summed E-state index contributed by atoms with van der Waals surface area (Å²) in [5.41, 5.74) is 1.34. The van der Waals surface area contributed by atoms with Gasteiger partial charge in [0.15, 0.2) is 0 Å². The highest BCUT2D eigenvalue weighted by Gasteiger charge is 2.10. The number of pyridine rings is 1. The molecule has 0 unspecified atom stereocenters. The number of amides is 1. The van der Waals surface area contributed by atoms with Gasteiger partial charge >= 0.3 is 0 Å². The molecule has 2 aromatic heterocycles. The molecule has 0 aliphatic heterocycles. The molecule has 2 aromatic rings. The van der Waals surface area contributed by atoms with Gasteiger partial charge in [0.25, 0.3) is 5.91 Å². The highest BCUT2D eigenvalue weighted by molar-refractivity contribution is 7.09. The second-order valence-corrected chi connectivity index (χ2v) is 5.98. The van der Waals surface area contributed by atoms with Gasteiger partial charge in [-0.25, -0.2) is 9.97 Å². The van der Waals surface area contributed by atoms with E-state index in [1.807, 2.05) is 12.3 Å². The molecule has 0 aliphatic carbocycles. The van der Waals surface area contributed by atoms with Gasteiger partial charge in [-0.2, -0.15) is 0 Å². The summed E-state index contributed by atoms with van der Waals surface area (Å²) in [6.45, 7) is 5.18. The number of halogens is 1. The van der Waals surface area contributed by atoms with E-state index in [0.717, 1.165) is 23.7 Å². The standard InChI is InChI=1S/C14H17ClN4OS/c1-3-4-16-13-6-10(5-12(15)19-13)14(20)17-7-11-8-21-9(2)18-11/h5-6,8H,3-4,7H2,1-2H3,(H,16,19)(H,17,20). The van der Waals surface area contributed by atoms with Crippen LogP contribution in [0.2, 0.25) is 5.15 Å². The van der Waals surface area contributed by atoms with Crippen LogP contribution in [-0.4, -0.2) is 22.4 Å². The van der Waals surface area contributed by atoms with Crippen LogP contribution in [0.5, 0.6) is 0 Å². The Morgan fingerprint density at radius 2 is 2.19 bits per heavy atom. The van der Waals surface area contributed by atoms with Crippen LogP contribution in [-0.2, 0) is 6.54 Å². The van der Waals surface area contributed by atoms with Crippen LogP contribution in [0.1, 0.15) is 34.4 Å². The van der Waals surface area contributed by atoms with Gasteiger partial charge in [-0.05, 0) is 25.5 Å². The molecule has 2 N–H and O–H groups in total. The van der Waals surface area contributed by atoms with E-state index < -0.39 is 0 Å². The van der Waals surface area contributed by atoms with Crippen molar-refractivity contribution in [3.05, 3.63) is 38.9 Å². The van der Waals surface area contributed by atoms with Crippen LogP contribution in [0.15, 0.2) is 17.5 Å². The summed E-state index contributed by atoms with van der Waals surface area (Å²) in [7, 11) is 0. The lowest BCUT2D eigenvalue weighted by Gasteiger charge is -2.08. The van der Waals surface area contributed by atoms with Crippen molar-refractivity contribution in [3.8, 4) is 0 Å². The van der Waals surface area contributed by atoms with Crippen LogP contribution < -0.4 is 10.6 Å². The average molecular weight is 325 g/mol. The van der Waals surface area contributed by atoms with Gasteiger partial charge in [-0.3, -0.25) is 4.79 Å². The Kier molecular flexibility index (Phi) is 5.52. The summed E-state index contributed by atoms with van der Waals surface area (Å²) in [5.74, 6) is 0.420. The zero-order valence-electron chi connectivity index (χ0n) is 11.9. The number of hydrogen-bond acceptors (Lipinski definition) is 5. The van der Waals surface area contributed by atoms with Crippen molar-refractivity contribution in [2.75, 3.05) is 11.9 Å². The lowest BCUT2D eigenvalue weighted by molar-refractivity contribution is 0.0950. The Labute approximate surface area is 132 Å². The third-order valence-electron chi connectivity index (χ3n) is 2.71. The third-order valence-corrected chi connectivity index (χ3v) is 3.72. The number of nitrogens with one attached hydrogen (secondary N) is 2. The molecule has 0 saturated heterocycles. The zero-order chi connectivity index (χ0) is 15.2. The van der Waals surface area contributed by atoms with Crippen molar-refractivity contribution in [1.82, 2.24) is 15.3 Å². The van der Waals surface area contributed by atoms with E-state index in [2.05, 4.69) is 27.5 Å². The fourth-order valence-electron chi connectivity index (χ4n) is 1.73. The third kappa shape index (κ3) is 4.68. The van der Waals surface area contributed by atoms with Crippen molar-refractivity contribution < 1.29 is 4.79 Å². The van der Waals surface area contributed by atoms with E-state index in [0.29, 0.717) is 23.1 Å². The number of rotatable bonds is 6. The van der Waals surface area contributed by atoms with Crippen LogP contribution in [0.25, 0.3) is 0 Å². The number of carbonyl (C=O) groups excluding carboxylic acids is 1. The molecule has 0 spiro atoms. The largest absolute Gasteiger partial charge is 0.370 e. The summed E-state index contributed by atoms with van der Waals surface area (Å²) < 4.78 is 0. The maximum Gasteiger partial charge on any atom is 0.251 e. The van der Waals surface area contributed by atoms with Crippen LogP contribution in [0, 0.1) is 6.92 Å². The molecule has 21 heavy (non-hydrogen) atoms. The highest BCUT2D eigenvalue weighted by atomic mass is 35.5. The second-order valence-electron chi connectivity index (χ2n) is 4.53. The van der Waals surface area contributed by atoms with Crippen LogP contribution in [0.4, 0.5) is 5.82 Å². The number of nitrogens with zero attached hydrogens (tertiary/aromatic N) is 2. The first kappa shape index (κ1) is 15.7. The molecule has 0 radical (unpaired) electrons. The molecule has 2 heterocycles. The van der Waals surface area contributed by atoms with E-state index in [1.165, 1.54) is 0 Å². The first-order valence-corrected chi connectivity index (χ1v) is 7.95. The SMILES string of the molecule is CCCNc1cc(C(=O)NCc2csc(C)n2)cc(Cl)n1. The zero-order valence-corrected chi connectivity index (χ0v) is 13.5. The van der Waals surface area contributed by atoms with E-state index >= 15 is 0 Å². The second kappa shape index (κ2) is 7.38. The predicted octanol–water partition coefficient (Wildman–Crippen LogP) is 3.25. The fraction of sp³-hybridized carbons (Fsp3) is 0.357. The smallest absolute Gasteiger partial charge is 0.251 e. The Hall–Kier alpha value is -1.66. The fourth-order valence-corrected chi connectivity index (χ4v) is 2.56. The summed E-state index contributed by atoms with van der Waals surface area (Å²) >= 11 is 7.51. The molecule has 1 amide bonds. The molecule has 0 fully saturated rings. The number of thiazole rings is 1. The van der Waals surface area contributed by atoms with E-state index in [-0.39, 0.29) is 5.91 Å². The molecule has 2 rings (SSSR count). The number of hydrogen-bond donors (Lipinski definition) is 2. The molecule has 7 heteroatoms. The maximum absolute atomic E-state index is 12.2. The van der Waals surface area contributed by atoms with Gasteiger partial charge in [0.1, 0.15) is 11.0 Å². The normalized spacial score (nSPS) is 10.4. The molecule has 0 saturated carbocycles. The average Bonchev–Trinajstić information content (AvgIpc) is 2.87. The summed E-state index contributed by atoms with van der Waals surface area (Å²) in [5, 5.41) is 9.17. The first-order chi connectivity index (χ1) is 10.1. The topological polar surface area (TPSA) is 66.9 Å². The Morgan fingerprint density at radius 3 is 2.86 bits per heavy atom. The van der Waals surface area contributed by atoms with Crippen LogP contribution in [0.3, 0.4) is 0 Å². The number of carbonyl (C=O) groups is 1. The minimum Gasteiger partial charge on any atom is -0.370 e. The lowest BCUT2D eigenvalue weighted by atomic mass is 10.2. The van der Waals surface area contributed by atoms with Gasteiger partial charge in [-0.1, -0.05) is 18.5 Å². The van der Waals surface area contributed by atoms with E-state index in [4.69, 9.17) is 11.6 Å². The Balaban J connectivity index is 2.02. The number of anilines is 1. The Morgan fingerprint density at radius 1 is 1.38 bits per heavy atom. The molecular formula is C14H17ClN4OS. The number of aromatic nitrogens is 2. The lowest BCUT2D eigenvalue weighted by Crippen LogP contribution is -2.23. The predicted molar refractivity (Wildman–Crippen MR) is 86.0 cm³/mol. The highest BCUT2D eigenvalue weighted by Crippen LogP contribution is 2.15. The van der Waals surface area contributed by atoms with Crippen LogP contribution >= 0.6 is 22.9 Å². The Bertz CT molecular complexity index is 629. The number of aryl methyl sites for hydroxylation is 1. The molecule has 0 atom stereocenters. The first-order valence-electron chi connectivity index (χ1n) is 6.69. The van der Waals surface area contributed by atoms with Crippen molar-refractivity contribution in [2.24, 2.45) is 0 Å². The molecule has 5 nitrogen and oxygen atoms in total. The molecular weight excluding hydrogens is 308 g/mol. The molecule has 112 valence electrons. The van der Waals surface area contributed by atoms with E-state index in [9.17, 15) is 4.79 Å². The van der Waals surface area contributed by atoms with E-state index in [1.54, 1.807) is 23.5 Å². The van der Waals surface area contributed by atoms with Gasteiger partial charge in [0.2, 0.25) is 0 Å². The van der Waals surface area contributed by atoms with Crippen molar-refractivity contribution >= 4 is 34.7 Å². The molecule has 0 bridgehead atoms. The van der Waals surface area contributed by atoms with Gasteiger partial charge in [-0.15, -0.1) is 11.3 Å². The summed E-state index contributed by atoms with van der Waals surface area (Å²) in [4.78, 5) is 20.6. The molecule has 0 aromatic carbocycles. The molecule has 0 aliphatic rings. The van der Waals surface area contributed by atoms with Crippen molar-refractivity contribution in [2.45, 2.75) is 26.8 Å². The van der Waals surface area contributed by atoms with Gasteiger partial charge < -0.3 is 10.6 Å². The van der Waals surface area contributed by atoms with Gasteiger partial charge in [0.05, 0.1) is 17.2 Å². The maximum atomic E-state index is 12.2. The minimum absolute atomic E-state index is 0.190. The summed E-state index contributed by atoms with van der Waals surface area (Å²) in [6.07, 6.45) is 0.971. The quantitative estimate of drug-likeness (QED) is 0.800. The van der Waals surface area contributed by atoms with Gasteiger partial charge in [0, 0.05) is 17.5 Å². The van der Waals surface area contributed by atoms with Crippen molar-refractivity contribution in [3.63, 3.8) is 0 Å². The minimum atomic E-state index is -0.190. The summed E-state index contributed by atoms with van der Waals surface area (Å²) in [6, 6.07) is 3.25. The van der Waals surface area contributed by atoms with Crippen molar-refractivity contribution in [1.29, 1.82) is 0 Å².